The van der Waals surface area contributed by atoms with Crippen molar-refractivity contribution in [1.82, 2.24) is 4.98 Å². The molecule has 2 heterocycles. The Balaban J connectivity index is 0.00000161. The lowest BCUT2D eigenvalue weighted by atomic mass is 9.95. The fourth-order valence-electron chi connectivity index (χ4n) is 2.73. The average Bonchev–Trinajstić information content (AvgIpc) is 3.19. The molecule has 0 aliphatic heterocycles. The van der Waals surface area contributed by atoms with Gasteiger partial charge in [-0.05, 0) is 36.8 Å². The predicted molar refractivity (Wildman–Crippen MR) is 91.2 cm³/mol. The van der Waals surface area contributed by atoms with E-state index < -0.39 is 0 Å². The minimum absolute atomic E-state index is 0. The topological polar surface area (TPSA) is 68.0 Å². The first-order valence-electron chi connectivity index (χ1n) is 6.78. The van der Waals surface area contributed by atoms with Crippen molar-refractivity contribution >= 4 is 46.1 Å². The van der Waals surface area contributed by atoms with E-state index in [1.54, 1.807) is 11.3 Å². The number of nitrogens with two attached hydrogens (primary N) is 1. The summed E-state index contributed by atoms with van der Waals surface area (Å²) in [6.45, 7) is 0.594. The summed E-state index contributed by atoms with van der Waals surface area (Å²) in [5.74, 6) is 0.450. The highest BCUT2D eigenvalue weighted by Gasteiger charge is 2.32. The first-order valence-corrected chi connectivity index (χ1v) is 8.54. The number of thiophene rings is 1. The monoisotopic (exact) mass is 343 g/mol. The van der Waals surface area contributed by atoms with Gasteiger partial charge in [0.25, 0.3) is 0 Å². The van der Waals surface area contributed by atoms with E-state index in [0.29, 0.717) is 17.6 Å². The number of nitrogens with zero attached hydrogens (tertiary/aromatic N) is 1. The second-order valence-corrected chi connectivity index (χ2v) is 6.84. The van der Waals surface area contributed by atoms with Crippen molar-refractivity contribution < 1.29 is 4.79 Å². The van der Waals surface area contributed by atoms with Gasteiger partial charge in [0, 0.05) is 11.3 Å². The number of thiazole rings is 1. The molecule has 1 aliphatic carbocycles. The van der Waals surface area contributed by atoms with Crippen LogP contribution in [-0.4, -0.2) is 17.4 Å². The van der Waals surface area contributed by atoms with E-state index in [9.17, 15) is 4.79 Å². The Bertz CT molecular complexity index is 585. The van der Waals surface area contributed by atoms with Crippen LogP contribution in [-0.2, 0) is 4.79 Å². The molecule has 1 amide bonds. The van der Waals surface area contributed by atoms with Crippen LogP contribution in [0.3, 0.4) is 0 Å². The van der Waals surface area contributed by atoms with Gasteiger partial charge < -0.3 is 11.1 Å². The molecule has 3 rings (SSSR count). The number of aromatic nitrogens is 1. The summed E-state index contributed by atoms with van der Waals surface area (Å²) in [4.78, 5) is 17.9. The molecule has 7 heteroatoms. The summed E-state index contributed by atoms with van der Waals surface area (Å²) in [7, 11) is 0. The van der Waals surface area contributed by atoms with E-state index in [1.165, 1.54) is 11.3 Å². The maximum Gasteiger partial charge on any atom is 0.229 e. The Kier molecular flexibility index (Phi) is 5.75. The summed E-state index contributed by atoms with van der Waals surface area (Å²) in [6.07, 6.45) is 3.10. The van der Waals surface area contributed by atoms with Crippen molar-refractivity contribution in [2.24, 2.45) is 17.6 Å². The van der Waals surface area contributed by atoms with Crippen LogP contribution in [0.15, 0.2) is 22.9 Å². The predicted octanol–water partition coefficient (Wildman–Crippen LogP) is 3.61. The van der Waals surface area contributed by atoms with Gasteiger partial charge in [-0.25, -0.2) is 4.98 Å². The molecule has 1 aliphatic rings. The van der Waals surface area contributed by atoms with Gasteiger partial charge in [0.2, 0.25) is 5.91 Å². The SMILES string of the molecule is Cl.NC[C@H]1CCC[C@H]1C(=O)Nc1nc(-c2cccs2)cs1. The molecular weight excluding hydrogens is 326 g/mol. The van der Waals surface area contributed by atoms with Crippen molar-refractivity contribution in [3.8, 4) is 10.6 Å². The van der Waals surface area contributed by atoms with Gasteiger partial charge in [-0.15, -0.1) is 35.1 Å². The van der Waals surface area contributed by atoms with Crippen LogP contribution in [0, 0.1) is 11.8 Å². The molecule has 4 nitrogen and oxygen atoms in total. The number of halogens is 1. The zero-order valence-electron chi connectivity index (χ0n) is 11.5. The Morgan fingerprint density at radius 2 is 2.29 bits per heavy atom. The van der Waals surface area contributed by atoms with Gasteiger partial charge >= 0.3 is 0 Å². The van der Waals surface area contributed by atoms with Gasteiger partial charge in [0.1, 0.15) is 0 Å². The fraction of sp³-hybridized carbons (Fsp3) is 0.429. The number of rotatable bonds is 4. The van der Waals surface area contributed by atoms with Crippen molar-refractivity contribution in [2.45, 2.75) is 19.3 Å². The summed E-state index contributed by atoms with van der Waals surface area (Å²) in [5.41, 5.74) is 6.66. The highest BCUT2D eigenvalue weighted by Crippen LogP contribution is 2.33. The molecule has 2 aromatic heterocycles. The lowest BCUT2D eigenvalue weighted by molar-refractivity contribution is -0.120. The van der Waals surface area contributed by atoms with E-state index in [2.05, 4.69) is 10.3 Å². The Morgan fingerprint density at radius 1 is 1.43 bits per heavy atom. The van der Waals surface area contributed by atoms with Crippen LogP contribution in [0.2, 0.25) is 0 Å². The van der Waals surface area contributed by atoms with E-state index in [0.717, 1.165) is 29.8 Å². The van der Waals surface area contributed by atoms with Gasteiger partial charge in [0.15, 0.2) is 5.13 Å². The molecule has 0 aromatic carbocycles. The van der Waals surface area contributed by atoms with Gasteiger partial charge in [-0.2, -0.15) is 0 Å². The zero-order valence-corrected chi connectivity index (χ0v) is 13.9. The summed E-state index contributed by atoms with van der Waals surface area (Å²) < 4.78 is 0. The second kappa shape index (κ2) is 7.35. The average molecular weight is 344 g/mol. The quantitative estimate of drug-likeness (QED) is 0.891. The van der Waals surface area contributed by atoms with Crippen molar-refractivity contribution in [3.05, 3.63) is 22.9 Å². The Hall–Kier alpha value is -0.950. The molecule has 114 valence electrons. The smallest absolute Gasteiger partial charge is 0.229 e. The molecule has 0 bridgehead atoms. The van der Waals surface area contributed by atoms with Crippen molar-refractivity contribution in [2.75, 3.05) is 11.9 Å². The van der Waals surface area contributed by atoms with Crippen LogP contribution in [0.25, 0.3) is 10.6 Å². The van der Waals surface area contributed by atoms with Gasteiger partial charge in [0.05, 0.1) is 10.6 Å². The molecule has 3 N–H and O–H groups in total. The van der Waals surface area contributed by atoms with Gasteiger partial charge in [-0.3, -0.25) is 4.79 Å². The zero-order chi connectivity index (χ0) is 13.9. The molecule has 21 heavy (non-hydrogen) atoms. The summed E-state index contributed by atoms with van der Waals surface area (Å²) in [5, 5.41) is 7.64. The van der Waals surface area contributed by atoms with Crippen LogP contribution in [0.1, 0.15) is 19.3 Å². The number of carbonyl (C=O) groups is 1. The Morgan fingerprint density at radius 3 is 3.00 bits per heavy atom. The minimum atomic E-state index is 0. The van der Waals surface area contributed by atoms with E-state index >= 15 is 0 Å². The third kappa shape index (κ3) is 3.63. The number of amides is 1. The molecule has 0 unspecified atom stereocenters. The van der Waals surface area contributed by atoms with Crippen LogP contribution in [0.5, 0.6) is 0 Å². The fourth-order valence-corrected chi connectivity index (χ4v) is 4.21. The first kappa shape index (κ1) is 16.4. The molecule has 2 atom stereocenters. The number of hydrogen-bond acceptors (Lipinski definition) is 5. The first-order chi connectivity index (χ1) is 9.78. The van der Waals surface area contributed by atoms with E-state index in [4.69, 9.17) is 5.73 Å². The normalized spacial score (nSPS) is 21.0. The van der Waals surface area contributed by atoms with Crippen molar-refractivity contribution in [3.63, 3.8) is 0 Å². The van der Waals surface area contributed by atoms with Crippen molar-refractivity contribution in [1.29, 1.82) is 0 Å². The van der Waals surface area contributed by atoms with E-state index in [1.807, 2.05) is 22.9 Å². The lowest BCUT2D eigenvalue weighted by Crippen LogP contribution is -2.29. The highest BCUT2D eigenvalue weighted by molar-refractivity contribution is 7.16. The molecule has 1 saturated carbocycles. The maximum atomic E-state index is 12.3. The Labute approximate surface area is 138 Å². The van der Waals surface area contributed by atoms with Crippen LogP contribution < -0.4 is 11.1 Å². The molecule has 2 aromatic rings. The number of carbonyl (C=O) groups excluding carboxylic acids is 1. The molecule has 0 spiro atoms. The molecule has 0 saturated heterocycles. The van der Waals surface area contributed by atoms with Crippen LogP contribution in [0.4, 0.5) is 5.13 Å². The second-order valence-electron chi connectivity index (χ2n) is 5.04. The summed E-state index contributed by atoms with van der Waals surface area (Å²) in [6, 6.07) is 4.04. The molecule has 0 radical (unpaired) electrons. The highest BCUT2D eigenvalue weighted by atomic mass is 35.5. The summed E-state index contributed by atoms with van der Waals surface area (Å²) >= 11 is 3.13. The van der Waals surface area contributed by atoms with Crippen LogP contribution >= 0.6 is 35.1 Å². The minimum Gasteiger partial charge on any atom is -0.330 e. The standard InChI is InChI=1S/C14H17N3OS2.ClH/c15-7-9-3-1-4-10(9)13(18)17-14-16-11(8-20-14)12-5-2-6-19-12;/h2,5-6,8-10H,1,3-4,7,15H2,(H,16,17,18);1H/t9-,10-;/m1./s1. The largest absolute Gasteiger partial charge is 0.330 e. The molecule has 1 fully saturated rings. The molecular formula is C14H18ClN3OS2. The van der Waals surface area contributed by atoms with E-state index in [-0.39, 0.29) is 24.2 Å². The third-order valence-corrected chi connectivity index (χ3v) is 5.46. The number of anilines is 1. The van der Waals surface area contributed by atoms with Gasteiger partial charge in [-0.1, -0.05) is 12.5 Å². The number of nitrogens with one attached hydrogen (secondary N) is 1. The number of hydrogen-bond donors (Lipinski definition) is 2. The third-order valence-electron chi connectivity index (χ3n) is 3.81. The maximum absolute atomic E-state index is 12.3. The lowest BCUT2D eigenvalue weighted by Gasteiger charge is -2.16.